The molecule has 0 atom stereocenters. The van der Waals surface area contributed by atoms with Crippen LogP contribution in [0.3, 0.4) is 0 Å². The van der Waals surface area contributed by atoms with Crippen molar-refractivity contribution in [1.29, 1.82) is 5.26 Å². The maximum absolute atomic E-state index is 12.9. The average molecular weight is 390 g/mol. The highest BCUT2D eigenvalue weighted by Crippen LogP contribution is 2.20. The lowest BCUT2D eigenvalue weighted by atomic mass is 10.1. The molecule has 2 fully saturated rings. The van der Waals surface area contributed by atoms with Crippen LogP contribution in [0.1, 0.15) is 28.8 Å². The molecule has 2 aliphatic rings. The lowest BCUT2D eigenvalue weighted by Crippen LogP contribution is -2.49. The smallest absolute Gasteiger partial charge is 0.319 e. The molecule has 1 aliphatic carbocycles. The lowest BCUT2D eigenvalue weighted by Gasteiger charge is -2.35. The summed E-state index contributed by atoms with van der Waals surface area (Å²) in [6.07, 6.45) is 3.67. The summed E-state index contributed by atoms with van der Waals surface area (Å²) < 4.78 is 0. The Morgan fingerprint density at radius 3 is 2.62 bits per heavy atom. The van der Waals surface area contributed by atoms with Gasteiger partial charge in [0.25, 0.3) is 5.91 Å². The molecule has 1 saturated carbocycles. The Bertz CT molecular complexity index is 958. The summed E-state index contributed by atoms with van der Waals surface area (Å²) in [6, 6.07) is 12.6. The number of hydrogen-bond donors (Lipinski definition) is 2. The lowest BCUT2D eigenvalue weighted by molar-refractivity contribution is 0.0746. The summed E-state index contributed by atoms with van der Waals surface area (Å²) in [7, 11) is 0. The van der Waals surface area contributed by atoms with Crippen molar-refractivity contribution in [2.75, 3.05) is 36.4 Å². The van der Waals surface area contributed by atoms with Crippen LogP contribution in [0.5, 0.6) is 0 Å². The second kappa shape index (κ2) is 8.19. The Kier molecular flexibility index (Phi) is 5.29. The summed E-state index contributed by atoms with van der Waals surface area (Å²) in [4.78, 5) is 33.0. The molecule has 8 heteroatoms. The van der Waals surface area contributed by atoms with E-state index >= 15 is 0 Å². The average Bonchev–Trinajstić information content (AvgIpc) is 3.57. The van der Waals surface area contributed by atoms with Crippen LogP contribution in [0.15, 0.2) is 42.6 Å². The van der Waals surface area contributed by atoms with Gasteiger partial charge in [-0.2, -0.15) is 5.26 Å². The predicted octanol–water partition coefficient (Wildman–Crippen LogP) is 2.20. The number of nitriles is 1. The molecule has 2 aromatic rings. The summed E-state index contributed by atoms with van der Waals surface area (Å²) >= 11 is 0. The molecular weight excluding hydrogens is 368 g/mol. The van der Waals surface area contributed by atoms with Crippen molar-refractivity contribution in [1.82, 2.24) is 15.2 Å². The van der Waals surface area contributed by atoms with Gasteiger partial charge in [-0.1, -0.05) is 6.07 Å². The number of carbonyl (C=O) groups is 2. The van der Waals surface area contributed by atoms with E-state index in [2.05, 4.69) is 26.6 Å². The van der Waals surface area contributed by atoms with Crippen molar-refractivity contribution in [3.05, 3.63) is 53.7 Å². The van der Waals surface area contributed by atoms with Gasteiger partial charge >= 0.3 is 6.03 Å². The molecule has 0 radical (unpaired) electrons. The molecule has 1 aliphatic heterocycles. The quantitative estimate of drug-likeness (QED) is 0.833. The SMILES string of the molecule is N#Cc1ccnc(N2CCN(C(=O)c3cccc(NC(=O)NC4CC4)c3)CC2)c1. The molecule has 8 nitrogen and oxygen atoms in total. The molecule has 2 heterocycles. The Hall–Kier alpha value is -3.60. The number of benzene rings is 1. The number of nitrogens with zero attached hydrogens (tertiary/aromatic N) is 4. The Balaban J connectivity index is 1.36. The van der Waals surface area contributed by atoms with Crippen molar-refractivity contribution in [2.45, 2.75) is 18.9 Å². The standard InChI is InChI=1S/C21H22N6O2/c22-14-15-6-7-23-19(12-15)26-8-10-27(11-9-26)20(28)16-2-1-3-18(13-16)25-21(29)24-17-4-5-17/h1-3,6-7,12-13,17H,4-5,8-11H2,(H2,24,25,29). The molecule has 0 unspecified atom stereocenters. The second-order valence-corrected chi connectivity index (χ2v) is 7.25. The van der Waals surface area contributed by atoms with Gasteiger partial charge in [-0.25, -0.2) is 9.78 Å². The van der Waals surface area contributed by atoms with E-state index in [0.29, 0.717) is 43.0 Å². The molecule has 1 aromatic heterocycles. The normalized spacial score (nSPS) is 16.1. The number of hydrogen-bond acceptors (Lipinski definition) is 5. The van der Waals surface area contributed by atoms with Crippen LogP contribution in [-0.4, -0.2) is 54.0 Å². The van der Waals surface area contributed by atoms with Crippen LogP contribution >= 0.6 is 0 Å². The molecule has 1 saturated heterocycles. The largest absolute Gasteiger partial charge is 0.353 e. The molecule has 1 aromatic carbocycles. The van der Waals surface area contributed by atoms with Crippen molar-refractivity contribution in [3.63, 3.8) is 0 Å². The molecule has 2 N–H and O–H groups in total. The molecule has 29 heavy (non-hydrogen) atoms. The number of piperazine rings is 1. The highest BCUT2D eigenvalue weighted by atomic mass is 16.2. The van der Waals surface area contributed by atoms with Gasteiger partial charge in [-0.05, 0) is 43.2 Å². The maximum atomic E-state index is 12.9. The summed E-state index contributed by atoms with van der Waals surface area (Å²) in [5.41, 5.74) is 1.72. The first kappa shape index (κ1) is 18.7. The first-order valence-corrected chi connectivity index (χ1v) is 9.70. The fourth-order valence-corrected chi connectivity index (χ4v) is 3.29. The predicted molar refractivity (Wildman–Crippen MR) is 109 cm³/mol. The zero-order chi connectivity index (χ0) is 20.2. The number of rotatable bonds is 4. The Morgan fingerprint density at radius 2 is 1.90 bits per heavy atom. The second-order valence-electron chi connectivity index (χ2n) is 7.25. The van der Waals surface area contributed by atoms with Gasteiger partial charge < -0.3 is 20.4 Å². The monoisotopic (exact) mass is 390 g/mol. The first-order valence-electron chi connectivity index (χ1n) is 9.70. The van der Waals surface area contributed by atoms with Gasteiger partial charge in [0.1, 0.15) is 5.82 Å². The molecule has 148 valence electrons. The molecule has 0 spiro atoms. The van der Waals surface area contributed by atoms with Crippen molar-refractivity contribution in [2.24, 2.45) is 0 Å². The molecule has 4 rings (SSSR count). The maximum Gasteiger partial charge on any atom is 0.319 e. The third-order valence-corrected chi connectivity index (χ3v) is 5.05. The van der Waals surface area contributed by atoms with E-state index < -0.39 is 0 Å². The van der Waals surface area contributed by atoms with Gasteiger partial charge in [-0.15, -0.1) is 0 Å². The van der Waals surface area contributed by atoms with E-state index in [1.165, 1.54) is 0 Å². The highest BCUT2D eigenvalue weighted by Gasteiger charge is 2.24. The van der Waals surface area contributed by atoms with Crippen molar-refractivity contribution >= 4 is 23.4 Å². The van der Waals surface area contributed by atoms with Gasteiger partial charge in [0.05, 0.1) is 11.6 Å². The van der Waals surface area contributed by atoms with Gasteiger partial charge in [0.15, 0.2) is 0 Å². The molecular formula is C21H22N6O2. The van der Waals surface area contributed by atoms with Crippen molar-refractivity contribution < 1.29 is 9.59 Å². The number of carbonyl (C=O) groups excluding carboxylic acids is 2. The van der Waals surface area contributed by atoms with E-state index in [4.69, 9.17) is 5.26 Å². The number of aromatic nitrogens is 1. The topological polar surface area (TPSA) is 101 Å². The fraction of sp³-hybridized carbons (Fsp3) is 0.333. The zero-order valence-electron chi connectivity index (χ0n) is 16.0. The first-order chi connectivity index (χ1) is 14.1. The number of pyridine rings is 1. The van der Waals surface area contributed by atoms with E-state index in [0.717, 1.165) is 18.7 Å². The Labute approximate surface area is 169 Å². The van der Waals surface area contributed by atoms with E-state index in [-0.39, 0.29) is 18.0 Å². The minimum absolute atomic E-state index is 0.0605. The van der Waals surface area contributed by atoms with Crippen LogP contribution in [0.4, 0.5) is 16.3 Å². The van der Waals surface area contributed by atoms with Crippen LogP contribution in [0.2, 0.25) is 0 Å². The van der Waals surface area contributed by atoms with E-state index in [9.17, 15) is 9.59 Å². The minimum Gasteiger partial charge on any atom is -0.353 e. The number of nitrogens with one attached hydrogen (secondary N) is 2. The van der Waals surface area contributed by atoms with Crippen molar-refractivity contribution in [3.8, 4) is 6.07 Å². The zero-order valence-corrected chi connectivity index (χ0v) is 16.0. The Morgan fingerprint density at radius 1 is 1.10 bits per heavy atom. The van der Waals surface area contributed by atoms with Crippen LogP contribution in [0, 0.1) is 11.3 Å². The van der Waals surface area contributed by atoms with Crippen LogP contribution < -0.4 is 15.5 Å². The fourth-order valence-electron chi connectivity index (χ4n) is 3.29. The third-order valence-electron chi connectivity index (χ3n) is 5.05. The molecule has 3 amide bonds. The number of amides is 3. The van der Waals surface area contributed by atoms with Gasteiger partial charge in [-0.3, -0.25) is 4.79 Å². The van der Waals surface area contributed by atoms with E-state index in [1.54, 1.807) is 47.5 Å². The molecule has 0 bridgehead atoms. The summed E-state index contributed by atoms with van der Waals surface area (Å²) in [6.45, 7) is 2.43. The van der Waals surface area contributed by atoms with E-state index in [1.807, 2.05) is 0 Å². The number of anilines is 2. The van der Waals surface area contributed by atoms with Gasteiger partial charge in [0.2, 0.25) is 0 Å². The summed E-state index contributed by atoms with van der Waals surface area (Å²) in [5.74, 6) is 0.693. The summed E-state index contributed by atoms with van der Waals surface area (Å²) in [5, 5.41) is 14.7. The van der Waals surface area contributed by atoms with Crippen LogP contribution in [0.25, 0.3) is 0 Å². The van der Waals surface area contributed by atoms with Crippen LogP contribution in [-0.2, 0) is 0 Å². The van der Waals surface area contributed by atoms with Gasteiger partial charge in [0, 0.05) is 49.7 Å². The highest BCUT2D eigenvalue weighted by molar-refractivity contribution is 5.97. The third kappa shape index (κ3) is 4.63. The minimum atomic E-state index is -0.238. The number of urea groups is 1.